The largest absolute Gasteiger partial charge is 0.394 e. The van der Waals surface area contributed by atoms with Crippen molar-refractivity contribution in [2.24, 2.45) is 5.92 Å². The van der Waals surface area contributed by atoms with E-state index in [1.807, 2.05) is 0 Å². The van der Waals surface area contributed by atoms with Gasteiger partial charge < -0.3 is 10.0 Å². The maximum absolute atomic E-state index is 10.9. The topological polar surface area (TPSA) is 40.5 Å². The van der Waals surface area contributed by atoms with Crippen molar-refractivity contribution in [1.29, 1.82) is 0 Å². The van der Waals surface area contributed by atoms with Gasteiger partial charge in [-0.25, -0.2) is 0 Å². The molecule has 3 nitrogen and oxygen atoms in total. The molecule has 0 aliphatic heterocycles. The molecule has 0 aliphatic carbocycles. The molecule has 0 heterocycles. The first-order chi connectivity index (χ1) is 5.49. The molecule has 0 fully saturated rings. The van der Waals surface area contributed by atoms with Gasteiger partial charge in [-0.05, 0) is 12.3 Å². The van der Waals surface area contributed by atoms with E-state index >= 15 is 0 Å². The second-order valence-electron chi connectivity index (χ2n) is 3.60. The minimum atomic E-state index is -0.0255. The van der Waals surface area contributed by atoms with Crippen molar-refractivity contribution in [3.63, 3.8) is 0 Å². The standard InChI is InChI=1S/C9H19NO2/c1-7(2)5-9(6-11)10(4)8(3)12/h7,9,11H,5-6H2,1-4H3. The number of hydrogen-bond donors (Lipinski definition) is 1. The SMILES string of the molecule is CC(=O)N(C)C(CO)CC(C)C. The van der Waals surface area contributed by atoms with Gasteiger partial charge in [0.1, 0.15) is 0 Å². The lowest BCUT2D eigenvalue weighted by Crippen LogP contribution is -2.38. The first-order valence-electron chi connectivity index (χ1n) is 4.33. The van der Waals surface area contributed by atoms with Crippen molar-refractivity contribution in [1.82, 2.24) is 4.90 Å². The molecule has 3 heteroatoms. The summed E-state index contributed by atoms with van der Waals surface area (Å²) in [5, 5.41) is 9.00. The third-order valence-corrected chi connectivity index (χ3v) is 2.00. The van der Waals surface area contributed by atoms with Crippen LogP contribution in [0.3, 0.4) is 0 Å². The normalized spacial score (nSPS) is 13.2. The van der Waals surface area contributed by atoms with Crippen molar-refractivity contribution in [3.8, 4) is 0 Å². The van der Waals surface area contributed by atoms with Crippen LogP contribution in [0, 0.1) is 5.92 Å². The summed E-state index contributed by atoms with van der Waals surface area (Å²) in [6, 6.07) is -0.0255. The first kappa shape index (κ1) is 11.4. The highest BCUT2D eigenvalue weighted by molar-refractivity contribution is 5.73. The van der Waals surface area contributed by atoms with E-state index in [1.54, 1.807) is 11.9 Å². The summed E-state index contributed by atoms with van der Waals surface area (Å²) in [4.78, 5) is 12.5. The number of hydrogen-bond acceptors (Lipinski definition) is 2. The summed E-state index contributed by atoms with van der Waals surface area (Å²) < 4.78 is 0. The Hall–Kier alpha value is -0.570. The average molecular weight is 173 g/mol. The van der Waals surface area contributed by atoms with Gasteiger partial charge in [-0.2, -0.15) is 0 Å². The number of carbonyl (C=O) groups excluding carboxylic acids is 1. The number of nitrogens with zero attached hydrogens (tertiary/aromatic N) is 1. The van der Waals surface area contributed by atoms with Gasteiger partial charge in [0.05, 0.1) is 12.6 Å². The summed E-state index contributed by atoms with van der Waals surface area (Å²) in [5.74, 6) is 0.513. The summed E-state index contributed by atoms with van der Waals surface area (Å²) >= 11 is 0. The van der Waals surface area contributed by atoms with Crippen LogP contribution in [0.5, 0.6) is 0 Å². The van der Waals surface area contributed by atoms with Gasteiger partial charge in [0, 0.05) is 14.0 Å². The Kier molecular flexibility index (Phi) is 4.90. The van der Waals surface area contributed by atoms with Gasteiger partial charge in [-0.1, -0.05) is 13.8 Å². The Morgan fingerprint density at radius 2 is 2.00 bits per heavy atom. The Bertz CT molecular complexity index is 145. The predicted molar refractivity (Wildman–Crippen MR) is 48.8 cm³/mol. The number of amides is 1. The lowest BCUT2D eigenvalue weighted by molar-refractivity contribution is -0.130. The minimum absolute atomic E-state index is 0.00898. The molecule has 1 amide bonds. The van der Waals surface area contributed by atoms with Crippen LogP contribution in [0.25, 0.3) is 0 Å². The van der Waals surface area contributed by atoms with E-state index in [2.05, 4.69) is 13.8 Å². The quantitative estimate of drug-likeness (QED) is 0.685. The van der Waals surface area contributed by atoms with E-state index in [1.165, 1.54) is 6.92 Å². The van der Waals surface area contributed by atoms with Crippen molar-refractivity contribution in [3.05, 3.63) is 0 Å². The molecule has 0 aliphatic rings. The molecular formula is C9H19NO2. The second kappa shape index (κ2) is 5.14. The van der Waals surface area contributed by atoms with Gasteiger partial charge in [-0.3, -0.25) is 4.79 Å². The fourth-order valence-electron chi connectivity index (χ4n) is 1.16. The molecule has 0 bridgehead atoms. The van der Waals surface area contributed by atoms with E-state index in [9.17, 15) is 4.79 Å². The Morgan fingerprint density at radius 1 is 1.50 bits per heavy atom. The molecule has 1 N–H and O–H groups in total. The fourth-order valence-corrected chi connectivity index (χ4v) is 1.16. The average Bonchev–Trinajstić information content (AvgIpc) is 1.98. The first-order valence-corrected chi connectivity index (χ1v) is 4.33. The smallest absolute Gasteiger partial charge is 0.219 e. The third-order valence-electron chi connectivity index (χ3n) is 2.00. The van der Waals surface area contributed by atoms with E-state index in [4.69, 9.17) is 5.11 Å². The zero-order chi connectivity index (χ0) is 9.72. The Morgan fingerprint density at radius 3 is 2.25 bits per heavy atom. The van der Waals surface area contributed by atoms with Gasteiger partial charge in [-0.15, -0.1) is 0 Å². The molecule has 0 rings (SSSR count). The Balaban J connectivity index is 4.05. The lowest BCUT2D eigenvalue weighted by atomic mass is 10.0. The van der Waals surface area contributed by atoms with Crippen LogP contribution < -0.4 is 0 Å². The van der Waals surface area contributed by atoms with Gasteiger partial charge in [0.15, 0.2) is 0 Å². The maximum Gasteiger partial charge on any atom is 0.219 e. The molecule has 72 valence electrons. The lowest BCUT2D eigenvalue weighted by Gasteiger charge is -2.26. The molecular weight excluding hydrogens is 154 g/mol. The number of aliphatic hydroxyl groups is 1. The van der Waals surface area contributed by atoms with Crippen LogP contribution in [-0.2, 0) is 4.79 Å². The third kappa shape index (κ3) is 3.72. The van der Waals surface area contributed by atoms with Gasteiger partial charge in [0.2, 0.25) is 5.91 Å². The molecule has 0 aromatic rings. The monoisotopic (exact) mass is 173 g/mol. The molecule has 0 aromatic heterocycles. The number of carbonyl (C=O) groups is 1. The molecule has 0 spiro atoms. The summed E-state index contributed by atoms with van der Waals surface area (Å²) in [6.07, 6.45) is 0.854. The Labute approximate surface area is 74.4 Å². The number of aliphatic hydroxyl groups excluding tert-OH is 1. The number of likely N-dealkylation sites (N-methyl/N-ethyl adjacent to an activating group) is 1. The van der Waals surface area contributed by atoms with E-state index < -0.39 is 0 Å². The van der Waals surface area contributed by atoms with Crippen LogP contribution in [0.15, 0.2) is 0 Å². The van der Waals surface area contributed by atoms with Crippen molar-refractivity contribution >= 4 is 5.91 Å². The molecule has 0 saturated carbocycles. The van der Waals surface area contributed by atoms with Crippen molar-refractivity contribution in [2.45, 2.75) is 33.2 Å². The summed E-state index contributed by atoms with van der Waals surface area (Å²) in [6.45, 7) is 5.73. The molecule has 12 heavy (non-hydrogen) atoms. The highest BCUT2D eigenvalue weighted by Gasteiger charge is 2.16. The van der Waals surface area contributed by atoms with Crippen molar-refractivity contribution in [2.75, 3.05) is 13.7 Å². The van der Waals surface area contributed by atoms with Crippen LogP contribution >= 0.6 is 0 Å². The molecule has 1 unspecified atom stereocenters. The van der Waals surface area contributed by atoms with Crippen LogP contribution in [0.4, 0.5) is 0 Å². The predicted octanol–water partition coefficient (Wildman–Crippen LogP) is 0.872. The minimum Gasteiger partial charge on any atom is -0.394 e. The molecule has 0 aromatic carbocycles. The zero-order valence-electron chi connectivity index (χ0n) is 8.37. The zero-order valence-corrected chi connectivity index (χ0v) is 8.37. The molecule has 0 saturated heterocycles. The summed E-state index contributed by atoms with van der Waals surface area (Å²) in [7, 11) is 1.73. The van der Waals surface area contributed by atoms with E-state index in [-0.39, 0.29) is 18.6 Å². The number of rotatable bonds is 4. The van der Waals surface area contributed by atoms with Crippen LogP contribution in [0.1, 0.15) is 27.2 Å². The second-order valence-corrected chi connectivity index (χ2v) is 3.60. The van der Waals surface area contributed by atoms with E-state index in [0.717, 1.165) is 6.42 Å². The van der Waals surface area contributed by atoms with Crippen molar-refractivity contribution < 1.29 is 9.90 Å². The van der Waals surface area contributed by atoms with Gasteiger partial charge >= 0.3 is 0 Å². The van der Waals surface area contributed by atoms with Gasteiger partial charge in [0.25, 0.3) is 0 Å². The maximum atomic E-state index is 10.9. The molecule has 0 radical (unpaired) electrons. The summed E-state index contributed by atoms with van der Waals surface area (Å²) in [5.41, 5.74) is 0. The van der Waals surface area contributed by atoms with E-state index in [0.29, 0.717) is 5.92 Å². The highest BCUT2D eigenvalue weighted by Crippen LogP contribution is 2.09. The highest BCUT2D eigenvalue weighted by atomic mass is 16.3. The van der Waals surface area contributed by atoms with Crippen LogP contribution in [0.2, 0.25) is 0 Å². The fraction of sp³-hybridized carbons (Fsp3) is 0.889. The van der Waals surface area contributed by atoms with Crippen LogP contribution in [-0.4, -0.2) is 35.6 Å². The molecule has 1 atom stereocenters.